The molecule has 0 radical (unpaired) electrons. The van der Waals surface area contributed by atoms with Gasteiger partial charge in [-0.25, -0.2) is 0 Å². The highest BCUT2D eigenvalue weighted by Gasteiger charge is 2.47. The molecule has 0 aromatic carbocycles. The Morgan fingerprint density at radius 1 is 1.30 bits per heavy atom. The molecule has 2 fully saturated rings. The van der Waals surface area contributed by atoms with Crippen molar-refractivity contribution in [3.8, 4) is 0 Å². The van der Waals surface area contributed by atoms with Crippen LogP contribution in [0, 0.1) is 11.8 Å². The zero-order valence-electron chi connectivity index (χ0n) is 13.2. The number of carbonyl (C=O) groups is 2. The van der Waals surface area contributed by atoms with E-state index in [2.05, 4.69) is 12.2 Å². The molecule has 2 unspecified atom stereocenters. The molecule has 2 rings (SSSR count). The molecule has 4 heteroatoms. The van der Waals surface area contributed by atoms with Gasteiger partial charge in [-0.15, -0.1) is 0 Å². The van der Waals surface area contributed by atoms with E-state index in [1.54, 1.807) is 0 Å². The van der Waals surface area contributed by atoms with Gasteiger partial charge in [0.2, 0.25) is 11.8 Å². The lowest BCUT2D eigenvalue weighted by atomic mass is 9.88. The first-order chi connectivity index (χ1) is 9.37. The maximum atomic E-state index is 12.8. The van der Waals surface area contributed by atoms with Crippen molar-refractivity contribution in [3.63, 3.8) is 0 Å². The van der Waals surface area contributed by atoms with E-state index in [1.807, 2.05) is 25.7 Å². The zero-order chi connectivity index (χ0) is 14.9. The summed E-state index contributed by atoms with van der Waals surface area (Å²) in [7, 11) is 0. The van der Waals surface area contributed by atoms with Crippen LogP contribution in [0.15, 0.2) is 0 Å². The van der Waals surface area contributed by atoms with Crippen LogP contribution in [0.25, 0.3) is 0 Å². The Morgan fingerprint density at radius 2 is 1.90 bits per heavy atom. The second-order valence-corrected chi connectivity index (χ2v) is 7.00. The Balaban J connectivity index is 2.18. The maximum Gasteiger partial charge on any atom is 0.246 e. The van der Waals surface area contributed by atoms with Gasteiger partial charge in [0.1, 0.15) is 11.6 Å². The van der Waals surface area contributed by atoms with Crippen molar-refractivity contribution in [2.75, 3.05) is 6.54 Å². The largest absolute Gasteiger partial charge is 0.342 e. The van der Waals surface area contributed by atoms with Crippen molar-refractivity contribution in [2.24, 2.45) is 11.8 Å². The second-order valence-electron chi connectivity index (χ2n) is 7.00. The van der Waals surface area contributed by atoms with Gasteiger partial charge < -0.3 is 10.2 Å². The second kappa shape index (κ2) is 5.74. The molecule has 0 bridgehead atoms. The van der Waals surface area contributed by atoms with Gasteiger partial charge in [-0.1, -0.05) is 33.1 Å². The molecule has 0 spiro atoms. The first-order valence-corrected chi connectivity index (χ1v) is 8.00. The van der Waals surface area contributed by atoms with Crippen LogP contribution in [0.1, 0.15) is 59.8 Å². The summed E-state index contributed by atoms with van der Waals surface area (Å²) in [6.45, 7) is 8.57. The van der Waals surface area contributed by atoms with E-state index in [0.717, 1.165) is 13.0 Å². The van der Waals surface area contributed by atoms with E-state index in [1.165, 1.54) is 25.7 Å². The van der Waals surface area contributed by atoms with Crippen molar-refractivity contribution in [3.05, 3.63) is 0 Å². The highest BCUT2D eigenvalue weighted by molar-refractivity contribution is 5.99. The van der Waals surface area contributed by atoms with Crippen LogP contribution in [0.2, 0.25) is 0 Å². The van der Waals surface area contributed by atoms with Crippen LogP contribution in [-0.2, 0) is 9.59 Å². The molecule has 1 saturated carbocycles. The summed E-state index contributed by atoms with van der Waals surface area (Å²) in [5, 5.41) is 2.93. The molecule has 1 saturated heterocycles. The smallest absolute Gasteiger partial charge is 0.246 e. The number of hydrogen-bond donors (Lipinski definition) is 1. The third-order valence-electron chi connectivity index (χ3n) is 5.18. The van der Waals surface area contributed by atoms with Gasteiger partial charge in [0.15, 0.2) is 0 Å². The van der Waals surface area contributed by atoms with Gasteiger partial charge in [-0.3, -0.25) is 9.59 Å². The standard InChI is InChI=1S/C16H28N2O2/c1-5-11(2)13-14(19)18(10-12-8-6-7-9-12)16(3,4)15(20)17-13/h11-13H,5-10H2,1-4H3,(H,17,20). The van der Waals surface area contributed by atoms with E-state index in [-0.39, 0.29) is 23.8 Å². The summed E-state index contributed by atoms with van der Waals surface area (Å²) >= 11 is 0. The summed E-state index contributed by atoms with van der Waals surface area (Å²) in [6, 6.07) is -0.345. The number of nitrogens with zero attached hydrogens (tertiary/aromatic N) is 1. The molecule has 2 amide bonds. The van der Waals surface area contributed by atoms with E-state index in [4.69, 9.17) is 0 Å². The molecule has 0 aromatic heterocycles. The van der Waals surface area contributed by atoms with E-state index < -0.39 is 5.54 Å². The lowest BCUT2D eigenvalue weighted by Gasteiger charge is -2.46. The van der Waals surface area contributed by atoms with Crippen LogP contribution in [0.5, 0.6) is 0 Å². The number of carbonyl (C=O) groups excluding carboxylic acids is 2. The van der Waals surface area contributed by atoms with E-state index in [9.17, 15) is 9.59 Å². The SMILES string of the molecule is CCC(C)C1NC(=O)C(C)(C)N(CC2CCCC2)C1=O. The molecule has 0 aromatic rings. The molecule has 2 atom stereocenters. The van der Waals surface area contributed by atoms with Crippen LogP contribution >= 0.6 is 0 Å². The molecule has 1 N–H and O–H groups in total. The molecule has 4 nitrogen and oxygen atoms in total. The van der Waals surface area contributed by atoms with Crippen molar-refractivity contribution >= 4 is 11.8 Å². The average Bonchev–Trinajstić information content (AvgIpc) is 2.91. The topological polar surface area (TPSA) is 49.4 Å². The maximum absolute atomic E-state index is 12.8. The van der Waals surface area contributed by atoms with Gasteiger partial charge in [0.25, 0.3) is 0 Å². The molecular formula is C16H28N2O2. The molecule has 1 aliphatic heterocycles. The van der Waals surface area contributed by atoms with Gasteiger partial charge in [0, 0.05) is 6.54 Å². The lowest BCUT2D eigenvalue weighted by Crippen LogP contribution is -2.70. The Labute approximate surface area is 122 Å². The Bertz CT molecular complexity index is 386. The normalized spacial score (nSPS) is 28.6. The minimum atomic E-state index is -0.719. The lowest BCUT2D eigenvalue weighted by molar-refractivity contribution is -0.157. The minimum Gasteiger partial charge on any atom is -0.342 e. The molecule has 20 heavy (non-hydrogen) atoms. The fourth-order valence-corrected chi connectivity index (χ4v) is 3.34. The highest BCUT2D eigenvalue weighted by Crippen LogP contribution is 2.31. The van der Waals surface area contributed by atoms with E-state index in [0.29, 0.717) is 5.92 Å². The van der Waals surface area contributed by atoms with Crippen LogP contribution in [-0.4, -0.2) is 34.8 Å². The Morgan fingerprint density at radius 3 is 2.45 bits per heavy atom. The van der Waals surface area contributed by atoms with Crippen LogP contribution in [0.3, 0.4) is 0 Å². The van der Waals surface area contributed by atoms with Crippen molar-refractivity contribution in [1.82, 2.24) is 10.2 Å². The third-order valence-corrected chi connectivity index (χ3v) is 5.18. The fourth-order valence-electron chi connectivity index (χ4n) is 3.34. The Kier molecular flexibility index (Phi) is 4.40. The van der Waals surface area contributed by atoms with E-state index >= 15 is 0 Å². The molecule has 1 heterocycles. The van der Waals surface area contributed by atoms with Crippen molar-refractivity contribution in [2.45, 2.75) is 71.4 Å². The first kappa shape index (κ1) is 15.3. The van der Waals surface area contributed by atoms with Gasteiger partial charge >= 0.3 is 0 Å². The Hall–Kier alpha value is -1.06. The molecule has 114 valence electrons. The van der Waals surface area contributed by atoms with Crippen LogP contribution in [0.4, 0.5) is 0 Å². The number of nitrogens with one attached hydrogen (secondary N) is 1. The number of rotatable bonds is 4. The van der Waals surface area contributed by atoms with Gasteiger partial charge in [-0.05, 0) is 38.5 Å². The zero-order valence-corrected chi connectivity index (χ0v) is 13.2. The van der Waals surface area contributed by atoms with Crippen molar-refractivity contribution in [1.29, 1.82) is 0 Å². The average molecular weight is 280 g/mol. The summed E-state index contributed by atoms with van der Waals surface area (Å²) < 4.78 is 0. The predicted octanol–water partition coefficient (Wildman–Crippen LogP) is 2.33. The monoisotopic (exact) mass is 280 g/mol. The summed E-state index contributed by atoms with van der Waals surface area (Å²) in [5.74, 6) is 0.853. The number of amides is 2. The number of hydrogen-bond acceptors (Lipinski definition) is 2. The minimum absolute atomic E-state index is 0.0135. The summed E-state index contributed by atoms with van der Waals surface area (Å²) in [5.41, 5.74) is -0.719. The highest BCUT2D eigenvalue weighted by atomic mass is 16.2. The predicted molar refractivity (Wildman–Crippen MR) is 79.1 cm³/mol. The quantitative estimate of drug-likeness (QED) is 0.859. The summed E-state index contributed by atoms with van der Waals surface area (Å²) in [6.07, 6.45) is 5.79. The molecule has 2 aliphatic rings. The number of piperazine rings is 1. The molecular weight excluding hydrogens is 252 g/mol. The third kappa shape index (κ3) is 2.70. The summed E-state index contributed by atoms with van der Waals surface area (Å²) in [4.78, 5) is 27.0. The molecule has 1 aliphatic carbocycles. The van der Waals surface area contributed by atoms with Crippen LogP contribution < -0.4 is 5.32 Å². The fraction of sp³-hybridized carbons (Fsp3) is 0.875. The first-order valence-electron chi connectivity index (χ1n) is 8.00. The van der Waals surface area contributed by atoms with Gasteiger partial charge in [0.05, 0.1) is 0 Å². The van der Waals surface area contributed by atoms with Crippen molar-refractivity contribution < 1.29 is 9.59 Å². The van der Waals surface area contributed by atoms with Gasteiger partial charge in [-0.2, -0.15) is 0 Å².